The van der Waals surface area contributed by atoms with Gasteiger partial charge in [-0.2, -0.15) is 0 Å². The van der Waals surface area contributed by atoms with Gasteiger partial charge in [-0.1, -0.05) is 0 Å². The van der Waals surface area contributed by atoms with Gasteiger partial charge in [-0.25, -0.2) is 7.94 Å². The van der Waals surface area contributed by atoms with Crippen molar-refractivity contribution in [2.75, 3.05) is 0 Å². The average molecular weight is 228 g/mol. The van der Waals surface area contributed by atoms with E-state index >= 15 is 0 Å². The van der Waals surface area contributed by atoms with Crippen molar-refractivity contribution < 1.29 is 20.4 Å². The molecule has 15 heavy (non-hydrogen) atoms. The third kappa shape index (κ3) is 1.57. The summed E-state index contributed by atoms with van der Waals surface area (Å²) in [5.41, 5.74) is 0. The minimum atomic E-state index is -0.190. The van der Waals surface area contributed by atoms with E-state index in [2.05, 4.69) is 0 Å². The lowest BCUT2D eigenvalue weighted by Gasteiger charge is -2.07. The van der Waals surface area contributed by atoms with Crippen molar-refractivity contribution in [3.63, 3.8) is 0 Å². The Labute approximate surface area is 88.9 Å². The summed E-state index contributed by atoms with van der Waals surface area (Å²) >= 11 is 0.741. The summed E-state index contributed by atoms with van der Waals surface area (Å²) < 4.78 is 2.08. The van der Waals surface area contributed by atoms with Gasteiger partial charge in [-0.15, -0.1) is 0 Å². The molecule has 0 aliphatic carbocycles. The molecule has 0 aromatic carbocycles. The molecule has 6 nitrogen and oxygen atoms in total. The maximum absolute atomic E-state index is 9.32. The van der Waals surface area contributed by atoms with Gasteiger partial charge in [0.25, 0.3) is 0 Å². The Balaban J connectivity index is 2.37. The van der Waals surface area contributed by atoms with E-state index in [1.807, 2.05) is 0 Å². The summed E-state index contributed by atoms with van der Waals surface area (Å²) in [5, 5.41) is 37.3. The highest BCUT2D eigenvalue weighted by molar-refractivity contribution is 7.96. The predicted octanol–water partition coefficient (Wildman–Crippen LogP) is 1.07. The van der Waals surface area contributed by atoms with E-state index in [9.17, 15) is 20.4 Å². The standard InChI is InChI=1S/C8H8N2O4S/c11-5-1-2-6(12)9(5)15-10-7(13)3-4-8(10)14/h1-4,11-14H. The predicted molar refractivity (Wildman–Crippen MR) is 53.9 cm³/mol. The molecule has 0 bridgehead atoms. The molecule has 7 heteroatoms. The zero-order valence-electron chi connectivity index (χ0n) is 7.40. The van der Waals surface area contributed by atoms with Crippen molar-refractivity contribution in [2.45, 2.75) is 0 Å². The second-order valence-electron chi connectivity index (χ2n) is 2.77. The number of aromatic hydroxyl groups is 4. The van der Waals surface area contributed by atoms with E-state index in [-0.39, 0.29) is 23.5 Å². The SMILES string of the molecule is Oc1ccc(O)n1Sn1c(O)ccc1O. The average Bonchev–Trinajstić information content (AvgIpc) is 2.67. The van der Waals surface area contributed by atoms with E-state index in [0.29, 0.717) is 0 Å². The van der Waals surface area contributed by atoms with Gasteiger partial charge in [0.2, 0.25) is 23.5 Å². The molecule has 2 heterocycles. The van der Waals surface area contributed by atoms with Crippen LogP contribution >= 0.6 is 12.1 Å². The smallest absolute Gasteiger partial charge is 0.205 e. The fourth-order valence-corrected chi connectivity index (χ4v) is 1.79. The van der Waals surface area contributed by atoms with Gasteiger partial charge in [0, 0.05) is 24.3 Å². The molecule has 2 rings (SSSR count). The van der Waals surface area contributed by atoms with E-state index in [1.165, 1.54) is 24.3 Å². The molecule has 2 aromatic rings. The number of hydrogen-bond acceptors (Lipinski definition) is 5. The molecule has 0 atom stereocenters. The third-order valence-electron chi connectivity index (χ3n) is 1.76. The van der Waals surface area contributed by atoms with E-state index in [4.69, 9.17) is 0 Å². The Hall–Kier alpha value is -1.89. The van der Waals surface area contributed by atoms with Crippen LogP contribution in [-0.2, 0) is 0 Å². The molecule has 2 aromatic heterocycles. The van der Waals surface area contributed by atoms with Crippen LogP contribution in [0.1, 0.15) is 0 Å². The van der Waals surface area contributed by atoms with Crippen LogP contribution in [0.3, 0.4) is 0 Å². The molecular weight excluding hydrogens is 220 g/mol. The first kappa shape index (κ1) is 9.66. The Morgan fingerprint density at radius 2 is 0.933 bits per heavy atom. The Bertz CT molecular complexity index is 408. The fraction of sp³-hybridized carbons (Fsp3) is 0. The highest BCUT2D eigenvalue weighted by Crippen LogP contribution is 2.34. The van der Waals surface area contributed by atoms with Gasteiger partial charge in [0.1, 0.15) is 0 Å². The highest BCUT2D eigenvalue weighted by Gasteiger charge is 2.12. The summed E-state index contributed by atoms with van der Waals surface area (Å²) in [6.07, 6.45) is 0. The molecule has 0 unspecified atom stereocenters. The maximum atomic E-state index is 9.32. The normalized spacial score (nSPS) is 10.7. The molecule has 0 aliphatic heterocycles. The van der Waals surface area contributed by atoms with Crippen LogP contribution in [0, 0.1) is 0 Å². The Morgan fingerprint density at radius 3 is 1.20 bits per heavy atom. The summed E-state index contributed by atoms with van der Waals surface area (Å²) in [7, 11) is 0. The Kier molecular flexibility index (Phi) is 2.16. The van der Waals surface area contributed by atoms with Crippen LogP contribution in [-0.4, -0.2) is 28.4 Å². The first-order chi connectivity index (χ1) is 7.09. The summed E-state index contributed by atoms with van der Waals surface area (Å²) in [5.74, 6) is -0.759. The van der Waals surface area contributed by atoms with E-state index in [1.54, 1.807) is 0 Å². The zero-order valence-corrected chi connectivity index (χ0v) is 8.22. The van der Waals surface area contributed by atoms with Gasteiger partial charge >= 0.3 is 0 Å². The zero-order chi connectivity index (χ0) is 11.0. The molecule has 0 saturated carbocycles. The molecule has 0 saturated heterocycles. The molecule has 0 amide bonds. The van der Waals surface area contributed by atoms with Crippen molar-refractivity contribution in [3.05, 3.63) is 24.3 Å². The number of hydrogen-bond donors (Lipinski definition) is 4. The topological polar surface area (TPSA) is 90.8 Å². The quantitative estimate of drug-likeness (QED) is 0.617. The molecule has 80 valence electrons. The van der Waals surface area contributed by atoms with Gasteiger partial charge in [-0.3, -0.25) is 0 Å². The second kappa shape index (κ2) is 3.35. The van der Waals surface area contributed by atoms with Crippen LogP contribution in [0.2, 0.25) is 0 Å². The number of rotatable bonds is 2. The van der Waals surface area contributed by atoms with Crippen LogP contribution in [0.4, 0.5) is 0 Å². The molecule has 4 N–H and O–H groups in total. The van der Waals surface area contributed by atoms with Crippen LogP contribution in [0.5, 0.6) is 23.5 Å². The molecule has 0 fully saturated rings. The first-order valence-electron chi connectivity index (χ1n) is 3.98. The van der Waals surface area contributed by atoms with E-state index in [0.717, 1.165) is 20.1 Å². The van der Waals surface area contributed by atoms with Gasteiger partial charge < -0.3 is 20.4 Å². The van der Waals surface area contributed by atoms with Crippen LogP contribution in [0.15, 0.2) is 24.3 Å². The number of aromatic nitrogens is 2. The lowest BCUT2D eigenvalue weighted by Crippen LogP contribution is -1.92. The fourth-order valence-electron chi connectivity index (χ4n) is 1.05. The van der Waals surface area contributed by atoms with Crippen molar-refractivity contribution in [1.82, 2.24) is 7.94 Å². The molecule has 0 aliphatic rings. The highest BCUT2D eigenvalue weighted by atomic mass is 32.2. The summed E-state index contributed by atoms with van der Waals surface area (Å²) in [4.78, 5) is 0. The molecule has 0 radical (unpaired) electrons. The van der Waals surface area contributed by atoms with E-state index < -0.39 is 0 Å². The monoisotopic (exact) mass is 228 g/mol. The van der Waals surface area contributed by atoms with Gasteiger partial charge in [-0.05, 0) is 0 Å². The van der Waals surface area contributed by atoms with Crippen molar-refractivity contribution in [3.8, 4) is 23.5 Å². The second-order valence-corrected chi connectivity index (χ2v) is 3.66. The van der Waals surface area contributed by atoms with Gasteiger partial charge in [0.05, 0.1) is 12.1 Å². The summed E-state index contributed by atoms with van der Waals surface area (Å²) in [6.45, 7) is 0. The first-order valence-corrected chi connectivity index (χ1v) is 4.71. The largest absolute Gasteiger partial charge is 0.494 e. The lowest BCUT2D eigenvalue weighted by molar-refractivity contribution is 0.408. The third-order valence-corrected chi connectivity index (χ3v) is 2.83. The van der Waals surface area contributed by atoms with Crippen molar-refractivity contribution in [1.29, 1.82) is 0 Å². The molecular formula is C8H8N2O4S. The minimum Gasteiger partial charge on any atom is -0.494 e. The Morgan fingerprint density at radius 1 is 0.667 bits per heavy atom. The lowest BCUT2D eigenvalue weighted by atomic mass is 10.6. The van der Waals surface area contributed by atoms with Crippen molar-refractivity contribution in [2.24, 2.45) is 0 Å². The minimum absolute atomic E-state index is 0.190. The van der Waals surface area contributed by atoms with Crippen LogP contribution in [0.25, 0.3) is 0 Å². The van der Waals surface area contributed by atoms with Gasteiger partial charge in [0.15, 0.2) is 0 Å². The maximum Gasteiger partial charge on any atom is 0.205 e. The molecule has 0 spiro atoms. The number of nitrogens with zero attached hydrogens (tertiary/aromatic N) is 2. The summed E-state index contributed by atoms with van der Waals surface area (Å²) in [6, 6.07) is 5.17. The van der Waals surface area contributed by atoms with Crippen LogP contribution < -0.4 is 0 Å². The van der Waals surface area contributed by atoms with Crippen molar-refractivity contribution >= 4 is 12.1 Å².